The highest BCUT2D eigenvalue weighted by Crippen LogP contribution is 2.43. The van der Waals surface area contributed by atoms with Crippen molar-refractivity contribution in [2.24, 2.45) is 0 Å². The maximum atomic E-state index is 11.5. The van der Waals surface area contributed by atoms with Crippen LogP contribution in [-0.2, 0) is 0 Å². The van der Waals surface area contributed by atoms with Crippen molar-refractivity contribution in [2.45, 2.75) is 76.3 Å². The van der Waals surface area contributed by atoms with Crippen LogP contribution in [0.25, 0.3) is 0 Å². The summed E-state index contributed by atoms with van der Waals surface area (Å²) < 4.78 is -0.0767. The normalized spacial score (nSPS) is 30.5. The van der Waals surface area contributed by atoms with Crippen molar-refractivity contribution in [2.75, 3.05) is 5.01 Å². The average Bonchev–Trinajstić information content (AvgIpc) is 2.91. The molecular formula is C18H28N3O+. The average molecular weight is 302 g/mol. The van der Waals surface area contributed by atoms with E-state index in [1.54, 1.807) is 0 Å². The summed E-state index contributed by atoms with van der Waals surface area (Å²) in [6.45, 7) is 0. The summed E-state index contributed by atoms with van der Waals surface area (Å²) in [6, 6.07) is 9.20. The van der Waals surface area contributed by atoms with Crippen LogP contribution in [0.4, 0.5) is 11.4 Å². The minimum absolute atomic E-state index is 0.0767. The fourth-order valence-corrected chi connectivity index (χ4v) is 4.58. The predicted octanol–water partition coefficient (Wildman–Crippen LogP) is 4.29. The van der Waals surface area contributed by atoms with Gasteiger partial charge in [0.1, 0.15) is 11.7 Å². The first-order valence-electron chi connectivity index (χ1n) is 9.07. The minimum Gasteiger partial charge on any atom is -0.253 e. The van der Waals surface area contributed by atoms with Gasteiger partial charge in [-0.15, -0.1) is 0 Å². The summed E-state index contributed by atoms with van der Waals surface area (Å²) in [5.41, 5.74) is 5.72. The van der Waals surface area contributed by atoms with Crippen LogP contribution in [0.15, 0.2) is 24.3 Å². The molecule has 1 aromatic carbocycles. The van der Waals surface area contributed by atoms with E-state index in [0.717, 1.165) is 18.5 Å². The number of hydrogen-bond donors (Lipinski definition) is 2. The van der Waals surface area contributed by atoms with Gasteiger partial charge < -0.3 is 0 Å². The van der Waals surface area contributed by atoms with E-state index in [1.165, 1.54) is 57.1 Å². The van der Waals surface area contributed by atoms with E-state index >= 15 is 0 Å². The van der Waals surface area contributed by atoms with Gasteiger partial charge in [0.2, 0.25) is 5.69 Å². The number of benzene rings is 1. The van der Waals surface area contributed by atoms with Gasteiger partial charge in [0.05, 0.1) is 6.04 Å². The molecule has 2 fully saturated rings. The number of hydroxylamine groups is 1. The van der Waals surface area contributed by atoms with Gasteiger partial charge in [0.25, 0.3) is 0 Å². The molecule has 1 atom stereocenters. The molecule has 0 saturated heterocycles. The molecular weight excluding hydrogens is 274 g/mol. The molecule has 0 spiro atoms. The number of nitrogens with one attached hydrogen (secondary N) is 1. The smallest absolute Gasteiger partial charge is 0.212 e. The molecule has 1 aromatic rings. The molecule has 0 radical (unpaired) electrons. The highest BCUT2D eigenvalue weighted by atomic mass is 16.6. The van der Waals surface area contributed by atoms with E-state index in [9.17, 15) is 5.21 Å². The lowest BCUT2D eigenvalue weighted by atomic mass is 9.94. The Balaban J connectivity index is 1.66. The molecule has 120 valence electrons. The van der Waals surface area contributed by atoms with Crippen molar-refractivity contribution in [3.63, 3.8) is 0 Å². The quantitative estimate of drug-likeness (QED) is 0.800. The van der Waals surface area contributed by atoms with Crippen molar-refractivity contribution >= 4 is 11.4 Å². The van der Waals surface area contributed by atoms with E-state index in [-0.39, 0.29) is 10.8 Å². The first-order valence-corrected chi connectivity index (χ1v) is 9.07. The van der Waals surface area contributed by atoms with Gasteiger partial charge in [0.15, 0.2) is 0 Å². The van der Waals surface area contributed by atoms with Crippen LogP contribution >= 0.6 is 0 Å². The second-order valence-corrected chi connectivity index (χ2v) is 7.23. The largest absolute Gasteiger partial charge is 0.253 e. The van der Waals surface area contributed by atoms with Crippen molar-refractivity contribution in [1.29, 1.82) is 0 Å². The zero-order valence-electron chi connectivity index (χ0n) is 13.4. The second-order valence-electron chi connectivity index (χ2n) is 7.23. The zero-order valence-corrected chi connectivity index (χ0v) is 13.4. The SMILES string of the molecule is O[N+]1(C2CCCCC2)NN(C2CCCCC2)c2ccccc21. The number of fused-ring (bicyclic) bond motifs is 1. The molecule has 2 saturated carbocycles. The van der Waals surface area contributed by atoms with Crippen LogP contribution in [-0.4, -0.2) is 17.3 Å². The van der Waals surface area contributed by atoms with Crippen molar-refractivity contribution in [3.8, 4) is 0 Å². The second kappa shape index (κ2) is 5.84. The Morgan fingerprint density at radius 1 is 0.909 bits per heavy atom. The number of hydrogen-bond acceptors (Lipinski definition) is 3. The van der Waals surface area contributed by atoms with Crippen LogP contribution in [0.5, 0.6) is 0 Å². The Hall–Kier alpha value is -1.10. The molecule has 2 aliphatic carbocycles. The molecule has 0 bridgehead atoms. The first-order chi connectivity index (χ1) is 10.8. The lowest BCUT2D eigenvalue weighted by Crippen LogP contribution is -2.66. The number of rotatable bonds is 2. The van der Waals surface area contributed by atoms with Gasteiger partial charge in [0, 0.05) is 18.9 Å². The fraction of sp³-hybridized carbons (Fsp3) is 0.667. The summed E-state index contributed by atoms with van der Waals surface area (Å²) in [6.07, 6.45) is 12.4. The highest BCUT2D eigenvalue weighted by Gasteiger charge is 2.50. The van der Waals surface area contributed by atoms with Crippen LogP contribution in [0.1, 0.15) is 64.2 Å². The summed E-state index contributed by atoms with van der Waals surface area (Å²) in [7, 11) is 0. The number of nitrogens with zero attached hydrogens (tertiary/aromatic N) is 2. The Kier molecular flexibility index (Phi) is 3.84. The molecule has 1 aliphatic heterocycles. The lowest BCUT2D eigenvalue weighted by molar-refractivity contribution is -0.159. The molecule has 0 amide bonds. The van der Waals surface area contributed by atoms with Gasteiger partial charge in [-0.1, -0.05) is 42.6 Å². The molecule has 22 heavy (non-hydrogen) atoms. The minimum atomic E-state index is -0.0767. The number of quaternary nitrogens is 1. The Bertz CT molecular complexity index is 523. The molecule has 4 nitrogen and oxygen atoms in total. The molecule has 2 N–H and O–H groups in total. The third-order valence-electron chi connectivity index (χ3n) is 5.81. The van der Waals surface area contributed by atoms with E-state index in [4.69, 9.17) is 0 Å². The molecule has 0 aromatic heterocycles. The maximum absolute atomic E-state index is 11.5. The highest BCUT2D eigenvalue weighted by molar-refractivity contribution is 5.71. The molecule has 1 unspecified atom stereocenters. The fourth-order valence-electron chi connectivity index (χ4n) is 4.58. The maximum Gasteiger partial charge on any atom is 0.212 e. The molecule has 1 heterocycles. The molecule has 4 rings (SSSR count). The van der Waals surface area contributed by atoms with Crippen LogP contribution in [0.2, 0.25) is 0 Å². The van der Waals surface area contributed by atoms with E-state index in [1.807, 2.05) is 0 Å². The third kappa shape index (κ3) is 2.34. The van der Waals surface area contributed by atoms with Gasteiger partial charge in [-0.25, -0.2) is 0 Å². The van der Waals surface area contributed by atoms with Crippen LogP contribution in [0, 0.1) is 0 Å². The Morgan fingerprint density at radius 3 is 2.27 bits per heavy atom. The first kappa shape index (κ1) is 14.5. The van der Waals surface area contributed by atoms with E-state index < -0.39 is 0 Å². The summed E-state index contributed by atoms with van der Waals surface area (Å²) >= 11 is 0. The van der Waals surface area contributed by atoms with Crippen molar-refractivity contribution in [1.82, 2.24) is 10.3 Å². The Labute approximate surface area is 133 Å². The van der Waals surface area contributed by atoms with Gasteiger partial charge in [-0.05, 0) is 37.3 Å². The molecule has 3 aliphatic rings. The van der Waals surface area contributed by atoms with Crippen LogP contribution in [0.3, 0.4) is 0 Å². The van der Waals surface area contributed by atoms with Crippen LogP contribution < -0.4 is 15.3 Å². The van der Waals surface area contributed by atoms with Crippen molar-refractivity contribution in [3.05, 3.63) is 24.3 Å². The van der Waals surface area contributed by atoms with Gasteiger partial charge in [-0.3, -0.25) is 5.01 Å². The summed E-state index contributed by atoms with van der Waals surface area (Å²) in [4.78, 5) is 0. The zero-order chi connectivity index (χ0) is 15.0. The van der Waals surface area contributed by atoms with Gasteiger partial charge in [-0.2, -0.15) is 5.21 Å². The molecule has 4 heteroatoms. The number of anilines is 1. The predicted molar refractivity (Wildman–Crippen MR) is 89.4 cm³/mol. The number of hydrazine groups is 1. The van der Waals surface area contributed by atoms with Crippen molar-refractivity contribution < 1.29 is 5.21 Å². The summed E-state index contributed by atoms with van der Waals surface area (Å²) in [5.74, 6) is 0. The van der Waals surface area contributed by atoms with E-state index in [2.05, 4.69) is 34.8 Å². The van der Waals surface area contributed by atoms with Gasteiger partial charge >= 0.3 is 0 Å². The number of para-hydroxylation sites is 2. The third-order valence-corrected chi connectivity index (χ3v) is 5.81. The summed E-state index contributed by atoms with van der Waals surface area (Å²) in [5, 5.41) is 13.7. The monoisotopic (exact) mass is 302 g/mol. The topological polar surface area (TPSA) is 35.5 Å². The standard InChI is InChI=1S/C18H28N3O/c22-21(16-11-5-2-6-12-16)18-14-8-7-13-17(18)20(19-21)15-9-3-1-4-10-15/h7-8,13-16,19,22H,1-6,9-12H2/q+1. The Morgan fingerprint density at radius 2 is 1.55 bits per heavy atom. The van der Waals surface area contributed by atoms with E-state index in [0.29, 0.717) is 6.04 Å². The lowest BCUT2D eigenvalue weighted by Gasteiger charge is -2.37.